The molecule has 7 heteroatoms. The number of rotatable bonds is 3. The summed E-state index contributed by atoms with van der Waals surface area (Å²) in [5, 5.41) is 3.49. The van der Waals surface area contributed by atoms with E-state index in [4.69, 9.17) is 16.3 Å². The minimum atomic E-state index is -0.464. The second kappa shape index (κ2) is 6.47. The molecule has 0 bridgehead atoms. The summed E-state index contributed by atoms with van der Waals surface area (Å²) >= 11 is 9.25. The maximum Gasteiger partial charge on any atom is 0.407 e. The maximum atomic E-state index is 11.5. The Kier molecular flexibility index (Phi) is 5.12. The summed E-state index contributed by atoms with van der Waals surface area (Å²) in [6.45, 7) is 6.80. The molecule has 2 rings (SSSR count). The smallest absolute Gasteiger partial charge is 0.407 e. The summed E-state index contributed by atoms with van der Waals surface area (Å²) in [5.74, 6) is 0. The molecule has 0 radical (unpaired) electrons. The van der Waals surface area contributed by atoms with Crippen LogP contribution in [0, 0.1) is 0 Å². The Balaban J connectivity index is 1.74. The molecule has 0 aliphatic carbocycles. The van der Waals surface area contributed by atoms with Gasteiger partial charge in [0, 0.05) is 27.9 Å². The number of nitrogens with zero attached hydrogens (tertiary/aromatic N) is 1. The van der Waals surface area contributed by atoms with Gasteiger partial charge < -0.3 is 10.1 Å². The first kappa shape index (κ1) is 15.8. The van der Waals surface area contributed by atoms with E-state index >= 15 is 0 Å². The molecule has 4 nitrogen and oxygen atoms in total. The quantitative estimate of drug-likeness (QED) is 0.840. The monoisotopic (exact) mass is 332 g/mol. The maximum absolute atomic E-state index is 11.5. The average molecular weight is 333 g/mol. The molecule has 0 unspecified atom stereocenters. The van der Waals surface area contributed by atoms with Crippen molar-refractivity contribution in [2.45, 2.75) is 36.2 Å². The van der Waals surface area contributed by atoms with E-state index in [0.29, 0.717) is 6.54 Å². The molecular weight excluding hydrogens is 316 g/mol. The first-order valence-electron chi connectivity index (χ1n) is 6.23. The third-order valence-electron chi connectivity index (χ3n) is 2.27. The van der Waals surface area contributed by atoms with Crippen molar-refractivity contribution in [1.82, 2.24) is 9.03 Å². The van der Waals surface area contributed by atoms with Gasteiger partial charge in [-0.15, -0.1) is 0 Å². The third-order valence-corrected chi connectivity index (χ3v) is 4.94. The number of fused-ring (bicyclic) bond motifs is 1. The summed E-state index contributed by atoms with van der Waals surface area (Å²) < 4.78 is 7.29. The van der Waals surface area contributed by atoms with Crippen LogP contribution in [0.15, 0.2) is 28.0 Å². The zero-order valence-corrected chi connectivity index (χ0v) is 14.0. The number of amides is 1. The standard InChI is InChI=1S/C13H17ClN2O2S2/c1-13(2,3)18-12(17)15-6-7-16-19-10-5-4-9(14)8-11(10)20-16/h4-5,8H,6-7H2,1-3H3,(H,15,17). The summed E-state index contributed by atoms with van der Waals surface area (Å²) in [6.07, 6.45) is -0.382. The molecule has 1 aliphatic rings. The van der Waals surface area contributed by atoms with E-state index in [1.165, 1.54) is 4.90 Å². The fourth-order valence-electron chi connectivity index (χ4n) is 1.52. The van der Waals surface area contributed by atoms with Crippen molar-refractivity contribution in [3.63, 3.8) is 0 Å². The molecule has 0 fully saturated rings. The van der Waals surface area contributed by atoms with Crippen LogP contribution in [0.25, 0.3) is 0 Å². The fourth-order valence-corrected chi connectivity index (χ4v) is 4.03. The molecule has 110 valence electrons. The largest absolute Gasteiger partial charge is 0.444 e. The van der Waals surface area contributed by atoms with Crippen molar-refractivity contribution in [3.05, 3.63) is 23.2 Å². The van der Waals surface area contributed by atoms with Crippen LogP contribution in [0.3, 0.4) is 0 Å². The number of halogens is 1. The molecule has 1 aromatic rings. The highest BCUT2D eigenvalue weighted by Gasteiger charge is 2.22. The molecule has 0 saturated carbocycles. The molecule has 0 atom stereocenters. The zero-order chi connectivity index (χ0) is 14.8. The normalized spacial score (nSPS) is 15.0. The lowest BCUT2D eigenvalue weighted by Crippen LogP contribution is -2.35. The van der Waals surface area contributed by atoms with Crippen LogP contribution >= 0.6 is 35.5 Å². The number of nitrogens with one attached hydrogen (secondary N) is 1. The second-order valence-electron chi connectivity index (χ2n) is 5.26. The van der Waals surface area contributed by atoms with Gasteiger partial charge in [0.15, 0.2) is 0 Å². The van der Waals surface area contributed by atoms with Gasteiger partial charge in [-0.1, -0.05) is 11.6 Å². The van der Waals surface area contributed by atoms with Crippen molar-refractivity contribution >= 4 is 41.6 Å². The highest BCUT2D eigenvalue weighted by Crippen LogP contribution is 2.46. The summed E-state index contributed by atoms with van der Waals surface area (Å²) in [4.78, 5) is 13.9. The Morgan fingerprint density at radius 3 is 2.75 bits per heavy atom. The van der Waals surface area contributed by atoms with E-state index in [2.05, 4.69) is 9.03 Å². The molecule has 1 N–H and O–H groups in total. The number of hydrogen-bond donors (Lipinski definition) is 1. The van der Waals surface area contributed by atoms with Crippen molar-refractivity contribution in [2.24, 2.45) is 0 Å². The molecule has 20 heavy (non-hydrogen) atoms. The van der Waals surface area contributed by atoms with Gasteiger partial charge in [-0.3, -0.25) is 0 Å². The number of hydrogen-bond acceptors (Lipinski definition) is 5. The van der Waals surface area contributed by atoms with Gasteiger partial charge in [-0.2, -0.15) is 3.71 Å². The van der Waals surface area contributed by atoms with Crippen LogP contribution in [-0.2, 0) is 4.74 Å². The van der Waals surface area contributed by atoms with Crippen LogP contribution in [0.1, 0.15) is 20.8 Å². The third kappa shape index (κ3) is 4.77. The number of carbonyl (C=O) groups is 1. The second-order valence-corrected chi connectivity index (χ2v) is 8.05. The van der Waals surface area contributed by atoms with Crippen LogP contribution in [0.5, 0.6) is 0 Å². The van der Waals surface area contributed by atoms with E-state index < -0.39 is 5.60 Å². The summed E-state index contributed by atoms with van der Waals surface area (Å²) in [5.41, 5.74) is -0.464. The Labute approximate surface area is 132 Å². The molecule has 0 saturated heterocycles. The predicted molar refractivity (Wildman–Crippen MR) is 84.1 cm³/mol. The lowest BCUT2D eigenvalue weighted by Gasteiger charge is -2.20. The highest BCUT2D eigenvalue weighted by atomic mass is 35.5. The van der Waals surface area contributed by atoms with Gasteiger partial charge in [0.1, 0.15) is 5.60 Å². The van der Waals surface area contributed by atoms with Crippen molar-refractivity contribution in [3.8, 4) is 0 Å². The minimum absolute atomic E-state index is 0.382. The van der Waals surface area contributed by atoms with Gasteiger partial charge in [0.2, 0.25) is 0 Å². The minimum Gasteiger partial charge on any atom is -0.444 e. The number of benzene rings is 1. The lowest BCUT2D eigenvalue weighted by atomic mass is 10.2. The molecule has 1 aliphatic heterocycles. The van der Waals surface area contributed by atoms with Gasteiger partial charge in [-0.25, -0.2) is 4.79 Å². The molecule has 1 amide bonds. The number of alkyl carbamates (subject to hydrolysis) is 1. The van der Waals surface area contributed by atoms with E-state index in [1.54, 1.807) is 23.9 Å². The van der Waals surface area contributed by atoms with Gasteiger partial charge in [-0.05, 0) is 62.9 Å². The Bertz CT molecular complexity index is 506. The molecule has 1 heterocycles. The lowest BCUT2D eigenvalue weighted by molar-refractivity contribution is 0.0528. The molecule has 0 aromatic heterocycles. The Hall–Kier alpha value is -0.560. The highest BCUT2D eigenvalue weighted by molar-refractivity contribution is 8.14. The summed E-state index contributed by atoms with van der Waals surface area (Å²) in [7, 11) is 0. The van der Waals surface area contributed by atoms with Crippen molar-refractivity contribution < 1.29 is 9.53 Å². The van der Waals surface area contributed by atoms with E-state index in [9.17, 15) is 4.79 Å². The van der Waals surface area contributed by atoms with E-state index in [-0.39, 0.29) is 6.09 Å². The molecule has 1 aromatic carbocycles. The van der Waals surface area contributed by atoms with Crippen molar-refractivity contribution in [1.29, 1.82) is 0 Å². The van der Waals surface area contributed by atoms with Gasteiger partial charge in [0.05, 0.1) is 0 Å². The van der Waals surface area contributed by atoms with Crippen LogP contribution < -0.4 is 5.32 Å². The predicted octanol–water partition coefficient (Wildman–Crippen LogP) is 4.19. The molecular formula is C13H17ClN2O2S2. The van der Waals surface area contributed by atoms with E-state index in [0.717, 1.165) is 16.5 Å². The molecule has 0 spiro atoms. The van der Waals surface area contributed by atoms with Crippen LogP contribution in [0.2, 0.25) is 5.02 Å². The Morgan fingerprint density at radius 1 is 1.35 bits per heavy atom. The van der Waals surface area contributed by atoms with E-state index in [1.807, 2.05) is 39.0 Å². The number of carbonyl (C=O) groups excluding carboxylic acids is 1. The Morgan fingerprint density at radius 2 is 2.05 bits per heavy atom. The fraction of sp³-hybridized carbons (Fsp3) is 0.462. The first-order valence-corrected chi connectivity index (χ1v) is 8.16. The first-order chi connectivity index (χ1) is 9.33. The topological polar surface area (TPSA) is 41.6 Å². The summed E-state index contributed by atoms with van der Waals surface area (Å²) in [6, 6.07) is 5.85. The average Bonchev–Trinajstić information content (AvgIpc) is 2.68. The van der Waals surface area contributed by atoms with Crippen molar-refractivity contribution in [2.75, 3.05) is 13.1 Å². The zero-order valence-electron chi connectivity index (χ0n) is 11.6. The van der Waals surface area contributed by atoms with Gasteiger partial charge in [0.25, 0.3) is 0 Å². The van der Waals surface area contributed by atoms with Crippen LogP contribution in [-0.4, -0.2) is 28.5 Å². The van der Waals surface area contributed by atoms with Crippen LogP contribution in [0.4, 0.5) is 4.79 Å². The SMILES string of the molecule is CC(C)(C)OC(=O)NCCN1Sc2ccc(Cl)cc2S1. The number of ether oxygens (including phenoxy) is 1. The van der Waals surface area contributed by atoms with Gasteiger partial charge >= 0.3 is 6.09 Å².